The van der Waals surface area contributed by atoms with Crippen molar-refractivity contribution in [2.24, 2.45) is 7.05 Å². The van der Waals surface area contributed by atoms with Gasteiger partial charge in [0.05, 0.1) is 11.3 Å². The largest absolute Gasteiger partial charge is 0.312 e. The highest BCUT2D eigenvalue weighted by Gasteiger charge is 2.20. The Hall–Kier alpha value is -2.21. The van der Waals surface area contributed by atoms with Crippen molar-refractivity contribution >= 4 is 11.7 Å². The molecule has 1 amide bonds. The fraction of sp³-hybridized carbons (Fsp3) is 0.308. The van der Waals surface area contributed by atoms with Gasteiger partial charge in [-0.05, 0) is 12.1 Å². The first-order valence-electron chi connectivity index (χ1n) is 6.22. The van der Waals surface area contributed by atoms with Gasteiger partial charge in [0.2, 0.25) is 0 Å². The fourth-order valence-electron chi connectivity index (χ4n) is 2.26. The van der Waals surface area contributed by atoms with Crippen molar-refractivity contribution in [2.75, 3.05) is 11.9 Å². The summed E-state index contributed by atoms with van der Waals surface area (Å²) in [6.07, 6.45) is 4.09. The van der Waals surface area contributed by atoms with Gasteiger partial charge in [-0.25, -0.2) is 0 Å². The van der Waals surface area contributed by atoms with E-state index in [-0.39, 0.29) is 5.91 Å². The molecule has 0 aromatic carbocycles. The summed E-state index contributed by atoms with van der Waals surface area (Å²) in [5.74, 6) is 0.598. The Morgan fingerprint density at radius 3 is 3.21 bits per heavy atom. The number of hydrogen-bond donors (Lipinski definition) is 2. The predicted octanol–water partition coefficient (Wildman–Crippen LogP) is 0.713. The van der Waals surface area contributed by atoms with E-state index in [1.54, 1.807) is 29.2 Å². The van der Waals surface area contributed by atoms with Crippen molar-refractivity contribution in [3.63, 3.8) is 0 Å². The molecule has 1 aliphatic rings. The molecule has 1 aliphatic heterocycles. The molecule has 2 N–H and O–H groups in total. The smallest absolute Gasteiger partial charge is 0.258 e. The van der Waals surface area contributed by atoms with Gasteiger partial charge in [0.1, 0.15) is 5.82 Å². The van der Waals surface area contributed by atoms with Gasteiger partial charge in [0, 0.05) is 44.5 Å². The van der Waals surface area contributed by atoms with Gasteiger partial charge in [-0.2, -0.15) is 5.10 Å². The molecular weight excluding hydrogens is 242 g/mol. The molecule has 0 radical (unpaired) electrons. The molecule has 19 heavy (non-hydrogen) atoms. The highest BCUT2D eigenvalue weighted by atomic mass is 16.1. The Morgan fingerprint density at radius 2 is 2.42 bits per heavy atom. The minimum atomic E-state index is -0.163. The summed E-state index contributed by atoms with van der Waals surface area (Å²) in [6.45, 7) is 1.67. The fourth-order valence-corrected chi connectivity index (χ4v) is 2.26. The van der Waals surface area contributed by atoms with E-state index in [0.717, 1.165) is 36.6 Å². The second-order valence-corrected chi connectivity index (χ2v) is 4.52. The lowest BCUT2D eigenvalue weighted by Gasteiger charge is -2.13. The summed E-state index contributed by atoms with van der Waals surface area (Å²) in [5, 5.41) is 10.7. The van der Waals surface area contributed by atoms with E-state index in [1.165, 1.54) is 0 Å². The van der Waals surface area contributed by atoms with E-state index in [9.17, 15) is 4.79 Å². The molecule has 0 saturated heterocycles. The molecule has 6 heteroatoms. The number of amides is 1. The molecule has 0 unspecified atom stereocenters. The van der Waals surface area contributed by atoms with Crippen molar-refractivity contribution in [2.45, 2.75) is 13.0 Å². The first-order chi connectivity index (χ1) is 9.25. The number of pyridine rings is 1. The SMILES string of the molecule is Cn1nc2c(c1NC(=O)c1cccnc1)CNCC2. The average molecular weight is 257 g/mol. The zero-order valence-electron chi connectivity index (χ0n) is 10.7. The standard InChI is InChI=1S/C13H15N5O/c1-18-12(10-8-15-6-4-11(10)17-18)16-13(19)9-3-2-5-14-7-9/h2-3,5,7,15H,4,6,8H2,1H3,(H,16,19). The van der Waals surface area contributed by atoms with Crippen LogP contribution in [0.2, 0.25) is 0 Å². The third kappa shape index (κ3) is 2.22. The first kappa shape index (κ1) is 11.9. The van der Waals surface area contributed by atoms with Gasteiger partial charge >= 0.3 is 0 Å². The van der Waals surface area contributed by atoms with Crippen molar-refractivity contribution < 1.29 is 4.79 Å². The zero-order chi connectivity index (χ0) is 13.2. The van der Waals surface area contributed by atoms with Crippen LogP contribution in [0.1, 0.15) is 21.6 Å². The van der Waals surface area contributed by atoms with E-state index < -0.39 is 0 Å². The lowest BCUT2D eigenvalue weighted by Crippen LogP contribution is -2.24. The van der Waals surface area contributed by atoms with E-state index in [2.05, 4.69) is 20.7 Å². The normalized spacial score (nSPS) is 13.9. The number of rotatable bonds is 2. The minimum absolute atomic E-state index is 0.163. The number of aromatic nitrogens is 3. The Balaban J connectivity index is 1.88. The average Bonchev–Trinajstić information content (AvgIpc) is 2.76. The van der Waals surface area contributed by atoms with Crippen molar-refractivity contribution in [1.82, 2.24) is 20.1 Å². The minimum Gasteiger partial charge on any atom is -0.312 e. The van der Waals surface area contributed by atoms with Crippen LogP contribution in [0.5, 0.6) is 0 Å². The molecule has 2 aromatic rings. The van der Waals surface area contributed by atoms with Crippen molar-refractivity contribution in [3.8, 4) is 0 Å². The number of nitrogens with one attached hydrogen (secondary N) is 2. The number of nitrogens with zero attached hydrogens (tertiary/aromatic N) is 3. The summed E-state index contributed by atoms with van der Waals surface area (Å²) >= 11 is 0. The molecule has 6 nitrogen and oxygen atoms in total. The maximum Gasteiger partial charge on any atom is 0.258 e. The monoisotopic (exact) mass is 257 g/mol. The summed E-state index contributed by atoms with van der Waals surface area (Å²) in [6, 6.07) is 3.48. The highest BCUT2D eigenvalue weighted by molar-refractivity contribution is 6.04. The van der Waals surface area contributed by atoms with Crippen LogP contribution in [0.15, 0.2) is 24.5 Å². The molecule has 98 valence electrons. The predicted molar refractivity (Wildman–Crippen MR) is 70.8 cm³/mol. The van der Waals surface area contributed by atoms with Crippen LogP contribution in [0.4, 0.5) is 5.82 Å². The third-order valence-electron chi connectivity index (χ3n) is 3.22. The van der Waals surface area contributed by atoms with Gasteiger partial charge in [-0.15, -0.1) is 0 Å². The maximum absolute atomic E-state index is 12.1. The van der Waals surface area contributed by atoms with Gasteiger partial charge in [-0.1, -0.05) is 0 Å². The summed E-state index contributed by atoms with van der Waals surface area (Å²) in [4.78, 5) is 16.1. The second kappa shape index (κ2) is 4.81. The topological polar surface area (TPSA) is 71.8 Å². The summed E-state index contributed by atoms with van der Waals surface area (Å²) in [7, 11) is 1.84. The molecule has 3 rings (SSSR count). The van der Waals surface area contributed by atoms with Crippen LogP contribution in [0.25, 0.3) is 0 Å². The molecule has 0 fully saturated rings. The molecule has 0 spiro atoms. The number of fused-ring (bicyclic) bond motifs is 1. The Labute approximate surface area is 110 Å². The zero-order valence-corrected chi connectivity index (χ0v) is 10.7. The van der Waals surface area contributed by atoms with Gasteiger partial charge in [0.25, 0.3) is 5.91 Å². The second-order valence-electron chi connectivity index (χ2n) is 4.52. The summed E-state index contributed by atoms with van der Waals surface area (Å²) in [5.41, 5.74) is 2.68. The van der Waals surface area contributed by atoms with Gasteiger partial charge < -0.3 is 10.6 Å². The molecule has 0 saturated carbocycles. The Bertz CT molecular complexity index is 605. The van der Waals surface area contributed by atoms with E-state index in [4.69, 9.17) is 0 Å². The van der Waals surface area contributed by atoms with Crippen LogP contribution in [0.3, 0.4) is 0 Å². The van der Waals surface area contributed by atoms with Crippen molar-refractivity contribution in [1.29, 1.82) is 0 Å². The Kier molecular flexibility index (Phi) is 3.00. The van der Waals surface area contributed by atoms with E-state index in [1.807, 2.05) is 7.05 Å². The molecule has 0 bridgehead atoms. The number of anilines is 1. The molecule has 0 aliphatic carbocycles. The van der Waals surface area contributed by atoms with E-state index >= 15 is 0 Å². The van der Waals surface area contributed by atoms with Gasteiger partial charge in [0.15, 0.2) is 0 Å². The quantitative estimate of drug-likeness (QED) is 0.831. The van der Waals surface area contributed by atoms with Crippen LogP contribution in [-0.2, 0) is 20.0 Å². The number of aryl methyl sites for hydroxylation is 1. The number of carbonyl (C=O) groups is 1. The number of carbonyl (C=O) groups excluding carboxylic acids is 1. The first-order valence-corrected chi connectivity index (χ1v) is 6.22. The Morgan fingerprint density at radius 1 is 1.53 bits per heavy atom. The van der Waals surface area contributed by atoms with Gasteiger partial charge in [-0.3, -0.25) is 14.5 Å². The van der Waals surface area contributed by atoms with Crippen LogP contribution >= 0.6 is 0 Å². The lowest BCUT2D eigenvalue weighted by atomic mass is 10.1. The third-order valence-corrected chi connectivity index (χ3v) is 3.22. The molecule has 2 aromatic heterocycles. The maximum atomic E-state index is 12.1. The van der Waals surface area contributed by atoms with Crippen molar-refractivity contribution in [3.05, 3.63) is 41.3 Å². The lowest BCUT2D eigenvalue weighted by molar-refractivity contribution is 0.102. The molecule has 0 atom stereocenters. The van der Waals surface area contributed by atoms with Crippen LogP contribution < -0.4 is 10.6 Å². The van der Waals surface area contributed by atoms with E-state index in [0.29, 0.717) is 5.56 Å². The molecule has 3 heterocycles. The van der Waals surface area contributed by atoms with Crippen LogP contribution in [-0.4, -0.2) is 27.2 Å². The number of hydrogen-bond acceptors (Lipinski definition) is 4. The summed E-state index contributed by atoms with van der Waals surface area (Å²) < 4.78 is 1.73. The van der Waals surface area contributed by atoms with Crippen LogP contribution in [0, 0.1) is 0 Å². The molecular formula is C13H15N5O. The highest BCUT2D eigenvalue weighted by Crippen LogP contribution is 2.22.